The molecule has 2 atom stereocenters. The fraction of sp³-hybridized carbons (Fsp3) is 1.00. The molecule has 0 radical (unpaired) electrons. The van der Waals surface area contributed by atoms with E-state index in [2.05, 4.69) is 0 Å². The molecule has 15 heteroatoms. The molecule has 0 aromatic heterocycles. The van der Waals surface area contributed by atoms with Crippen LogP contribution in [0, 0.1) is 0 Å². The molecule has 4 nitrogen and oxygen atoms in total. The summed E-state index contributed by atoms with van der Waals surface area (Å²) >= 11 is -9.83. The van der Waals surface area contributed by atoms with Gasteiger partial charge in [-0.2, -0.15) is 35.1 Å². The molecule has 0 bridgehead atoms. The average Bonchev–Trinajstić information content (AvgIpc) is 2.15. The summed E-state index contributed by atoms with van der Waals surface area (Å²) in [5.41, 5.74) is 0. The largest absolute Gasteiger partial charge is 1.00 e. The Kier molecular flexibility index (Phi) is 7.15. The van der Waals surface area contributed by atoms with Crippen LogP contribution in [-0.4, -0.2) is 39.9 Å². The van der Waals surface area contributed by atoms with E-state index < -0.39 is 44.5 Å². The van der Waals surface area contributed by atoms with E-state index in [1.165, 1.54) is 0 Å². The second-order valence-electron chi connectivity index (χ2n) is 2.68. The van der Waals surface area contributed by atoms with Crippen molar-refractivity contribution in [1.29, 1.82) is 0 Å². The Hall–Kier alpha value is 0.660. The molecule has 0 rings (SSSR count). The van der Waals surface area contributed by atoms with E-state index in [1.54, 1.807) is 0 Å². The smallest absolute Gasteiger partial charge is 1.00 e. The minimum absolute atomic E-state index is 0. The molecule has 112 valence electrons. The SMILES string of the molecule is O=S(O)C(F)(F)C(F)(F)C(F)(F)C(F)(F)S(=O)O.[H-].[Na+]. The molecule has 0 fully saturated rings. The predicted octanol–water partition coefficient (Wildman–Crippen LogP) is -0.997. The van der Waals surface area contributed by atoms with Gasteiger partial charge in [-0.05, 0) is 0 Å². The van der Waals surface area contributed by atoms with E-state index in [4.69, 9.17) is 9.11 Å². The molecule has 2 N–H and O–H groups in total. The third kappa shape index (κ3) is 3.29. The monoisotopic (exact) mass is 354 g/mol. The summed E-state index contributed by atoms with van der Waals surface area (Å²) in [5, 5.41) is -12.9. The Morgan fingerprint density at radius 2 is 0.842 bits per heavy atom. The molecule has 0 aliphatic carbocycles. The summed E-state index contributed by atoms with van der Waals surface area (Å²) < 4.78 is 134. The summed E-state index contributed by atoms with van der Waals surface area (Å²) in [4.78, 5) is 0. The Bertz CT molecular complexity index is 357. The van der Waals surface area contributed by atoms with Crippen LogP contribution in [0.5, 0.6) is 0 Å². The van der Waals surface area contributed by atoms with Crippen molar-refractivity contribution in [1.82, 2.24) is 0 Å². The van der Waals surface area contributed by atoms with Crippen molar-refractivity contribution in [2.45, 2.75) is 22.4 Å². The van der Waals surface area contributed by atoms with Gasteiger partial charge in [0.2, 0.25) is 22.2 Å². The Morgan fingerprint density at radius 1 is 0.684 bits per heavy atom. The first-order chi connectivity index (χ1) is 7.64. The van der Waals surface area contributed by atoms with Gasteiger partial charge < -0.3 is 10.5 Å². The molecular weight excluding hydrogens is 351 g/mol. The van der Waals surface area contributed by atoms with Crippen LogP contribution < -0.4 is 29.6 Å². The van der Waals surface area contributed by atoms with Crippen molar-refractivity contribution in [3.05, 3.63) is 0 Å². The van der Waals surface area contributed by atoms with Crippen LogP contribution in [0.4, 0.5) is 35.1 Å². The molecule has 0 saturated carbocycles. The van der Waals surface area contributed by atoms with Crippen molar-refractivity contribution in [3.8, 4) is 0 Å². The first-order valence-corrected chi connectivity index (χ1v) is 5.58. The molecule has 19 heavy (non-hydrogen) atoms. The van der Waals surface area contributed by atoms with Crippen LogP contribution in [0.2, 0.25) is 0 Å². The van der Waals surface area contributed by atoms with Gasteiger partial charge in [0.15, 0.2) is 0 Å². The zero-order chi connectivity index (χ0) is 15.2. The number of halogens is 8. The van der Waals surface area contributed by atoms with Crippen molar-refractivity contribution in [2.24, 2.45) is 0 Å². The van der Waals surface area contributed by atoms with E-state index in [1.807, 2.05) is 0 Å². The van der Waals surface area contributed by atoms with E-state index in [0.29, 0.717) is 0 Å². The van der Waals surface area contributed by atoms with Crippen molar-refractivity contribution in [2.75, 3.05) is 0 Å². The molecule has 0 aliphatic heterocycles. The summed E-state index contributed by atoms with van der Waals surface area (Å²) in [6.07, 6.45) is 0. The maximum atomic E-state index is 12.5. The summed E-state index contributed by atoms with van der Waals surface area (Å²) in [5.74, 6) is -14.1. The first kappa shape index (κ1) is 21.9. The Morgan fingerprint density at radius 3 is 0.947 bits per heavy atom. The predicted molar refractivity (Wildman–Crippen MR) is 42.4 cm³/mol. The number of hydrogen-bond acceptors (Lipinski definition) is 2. The van der Waals surface area contributed by atoms with Gasteiger partial charge in [-0.1, -0.05) is 0 Å². The molecule has 0 aromatic rings. The summed E-state index contributed by atoms with van der Waals surface area (Å²) in [6.45, 7) is 0. The number of alkyl halides is 8. The van der Waals surface area contributed by atoms with E-state index in [9.17, 15) is 43.5 Å². The molecule has 0 heterocycles. The van der Waals surface area contributed by atoms with Gasteiger partial charge in [-0.3, -0.25) is 0 Å². The number of hydrogen-bond donors (Lipinski definition) is 2. The van der Waals surface area contributed by atoms with Gasteiger partial charge in [-0.25, -0.2) is 8.42 Å². The third-order valence-corrected chi connectivity index (χ3v) is 2.95. The van der Waals surface area contributed by atoms with Gasteiger partial charge in [0.25, 0.3) is 0 Å². The zero-order valence-electron chi connectivity index (χ0n) is 9.55. The van der Waals surface area contributed by atoms with Crippen molar-refractivity contribution >= 4 is 22.2 Å². The quantitative estimate of drug-likeness (QED) is 0.378. The van der Waals surface area contributed by atoms with E-state index in [0.717, 1.165) is 0 Å². The summed E-state index contributed by atoms with van der Waals surface area (Å²) in [6, 6.07) is 0. The average molecular weight is 354 g/mol. The third-order valence-electron chi connectivity index (χ3n) is 1.56. The molecular formula is C4H3F8NaO4S2. The van der Waals surface area contributed by atoms with Crippen LogP contribution >= 0.6 is 0 Å². The molecule has 0 aromatic carbocycles. The van der Waals surface area contributed by atoms with Crippen molar-refractivity contribution < 1.29 is 83.6 Å². The standard InChI is InChI=1S/C4H2F8O4S2.Na.H/c5-1(6,3(9,10)17(13)14)2(7,8)4(11,12)18(15)16;;/h(H,13,14)(H,15,16);;/q;+1;-1. The first-order valence-electron chi connectivity index (χ1n) is 3.37. The molecule has 2 unspecified atom stereocenters. The van der Waals surface area contributed by atoms with Crippen molar-refractivity contribution in [3.63, 3.8) is 0 Å². The van der Waals surface area contributed by atoms with Gasteiger partial charge in [0, 0.05) is 0 Å². The molecule has 0 spiro atoms. The Labute approximate surface area is 128 Å². The van der Waals surface area contributed by atoms with Crippen LogP contribution in [0.1, 0.15) is 1.43 Å². The van der Waals surface area contributed by atoms with Gasteiger partial charge in [0.1, 0.15) is 0 Å². The number of rotatable bonds is 5. The normalized spacial score (nSPS) is 17.6. The molecule has 0 saturated heterocycles. The van der Waals surface area contributed by atoms with Crippen LogP contribution in [0.15, 0.2) is 0 Å². The van der Waals surface area contributed by atoms with Gasteiger partial charge >= 0.3 is 51.9 Å². The Balaban J connectivity index is -0.00000144. The molecule has 0 amide bonds. The van der Waals surface area contributed by atoms with Crippen LogP contribution in [0.3, 0.4) is 0 Å². The van der Waals surface area contributed by atoms with E-state index >= 15 is 0 Å². The minimum atomic E-state index is -7.04. The minimum Gasteiger partial charge on any atom is -1.00 e. The fourth-order valence-corrected chi connectivity index (χ4v) is 1.28. The topological polar surface area (TPSA) is 74.6 Å². The zero-order valence-corrected chi connectivity index (χ0v) is 12.2. The maximum absolute atomic E-state index is 12.5. The van der Waals surface area contributed by atoms with E-state index in [-0.39, 0.29) is 31.0 Å². The van der Waals surface area contributed by atoms with Crippen LogP contribution in [0.25, 0.3) is 0 Å². The van der Waals surface area contributed by atoms with Gasteiger partial charge in [0.05, 0.1) is 0 Å². The second-order valence-corrected chi connectivity index (χ2v) is 4.70. The second kappa shape index (κ2) is 6.19. The van der Waals surface area contributed by atoms with Crippen LogP contribution in [-0.2, 0) is 22.2 Å². The van der Waals surface area contributed by atoms with Gasteiger partial charge in [-0.15, -0.1) is 0 Å². The maximum Gasteiger partial charge on any atom is 1.00 e. The fourth-order valence-electron chi connectivity index (χ4n) is 0.585. The summed E-state index contributed by atoms with van der Waals surface area (Å²) in [7, 11) is 0. The molecule has 0 aliphatic rings.